The van der Waals surface area contributed by atoms with Gasteiger partial charge < -0.3 is 14.4 Å². The number of carbonyl (C=O) groups excluding carboxylic acids is 1. The standard InChI is InChI=1S/C13H17NO3/c1-9-8-10(4-5-12(9)16-2)14-7-6-11(14)13(15)17-3/h4-5,8,11H,6-7H2,1-3H3. The van der Waals surface area contributed by atoms with Crippen LogP contribution in [0.3, 0.4) is 0 Å². The fourth-order valence-corrected chi connectivity index (χ4v) is 2.12. The van der Waals surface area contributed by atoms with E-state index >= 15 is 0 Å². The normalized spacial score (nSPS) is 18.5. The third kappa shape index (κ3) is 2.07. The smallest absolute Gasteiger partial charge is 0.328 e. The predicted octanol–water partition coefficient (Wildman–Crippen LogP) is 1.76. The molecule has 92 valence electrons. The van der Waals surface area contributed by atoms with Crippen LogP contribution in [0.2, 0.25) is 0 Å². The largest absolute Gasteiger partial charge is 0.496 e. The number of rotatable bonds is 3. The third-order valence-electron chi connectivity index (χ3n) is 3.20. The van der Waals surface area contributed by atoms with Crippen molar-refractivity contribution < 1.29 is 14.3 Å². The minimum absolute atomic E-state index is 0.132. The molecule has 0 amide bonds. The van der Waals surface area contributed by atoms with Gasteiger partial charge in [-0.15, -0.1) is 0 Å². The quantitative estimate of drug-likeness (QED) is 0.748. The van der Waals surface area contributed by atoms with E-state index in [1.165, 1.54) is 7.11 Å². The van der Waals surface area contributed by atoms with Crippen molar-refractivity contribution in [1.29, 1.82) is 0 Å². The summed E-state index contributed by atoms with van der Waals surface area (Å²) in [6, 6.07) is 5.81. The van der Waals surface area contributed by atoms with Crippen molar-refractivity contribution in [2.75, 3.05) is 25.7 Å². The van der Waals surface area contributed by atoms with E-state index in [1.807, 2.05) is 25.1 Å². The Morgan fingerprint density at radius 2 is 2.18 bits per heavy atom. The van der Waals surface area contributed by atoms with Crippen LogP contribution in [0.4, 0.5) is 5.69 Å². The first-order valence-electron chi connectivity index (χ1n) is 5.66. The summed E-state index contributed by atoms with van der Waals surface area (Å²) in [4.78, 5) is 13.6. The fraction of sp³-hybridized carbons (Fsp3) is 0.462. The van der Waals surface area contributed by atoms with Crippen LogP contribution in [0, 0.1) is 6.92 Å². The van der Waals surface area contributed by atoms with Gasteiger partial charge in [0.1, 0.15) is 11.8 Å². The molecule has 0 aromatic heterocycles. The first kappa shape index (κ1) is 11.8. The lowest BCUT2D eigenvalue weighted by molar-refractivity contribution is -0.143. The maximum Gasteiger partial charge on any atom is 0.328 e. The summed E-state index contributed by atoms with van der Waals surface area (Å²) in [5.41, 5.74) is 2.12. The van der Waals surface area contributed by atoms with E-state index in [1.54, 1.807) is 7.11 Å². The molecule has 0 aliphatic carbocycles. The molecule has 1 unspecified atom stereocenters. The summed E-state index contributed by atoms with van der Waals surface area (Å²) in [7, 11) is 3.08. The minimum atomic E-state index is -0.162. The van der Waals surface area contributed by atoms with Crippen molar-refractivity contribution >= 4 is 11.7 Å². The molecule has 1 atom stereocenters. The Bertz CT molecular complexity index is 431. The van der Waals surface area contributed by atoms with Crippen LogP contribution in [0.25, 0.3) is 0 Å². The Morgan fingerprint density at radius 3 is 2.65 bits per heavy atom. The van der Waals surface area contributed by atoms with Gasteiger partial charge in [-0.25, -0.2) is 4.79 Å². The molecule has 1 aromatic carbocycles. The highest BCUT2D eigenvalue weighted by molar-refractivity contribution is 5.82. The summed E-state index contributed by atoms with van der Waals surface area (Å²) < 4.78 is 9.99. The van der Waals surface area contributed by atoms with Gasteiger partial charge in [0.2, 0.25) is 0 Å². The Balaban J connectivity index is 2.18. The molecule has 1 fully saturated rings. The maximum absolute atomic E-state index is 11.5. The van der Waals surface area contributed by atoms with Gasteiger partial charge in [-0.1, -0.05) is 0 Å². The number of hydrogen-bond acceptors (Lipinski definition) is 4. The topological polar surface area (TPSA) is 38.8 Å². The molecule has 4 heteroatoms. The lowest BCUT2D eigenvalue weighted by Gasteiger charge is -2.40. The molecule has 2 rings (SSSR count). The van der Waals surface area contributed by atoms with Gasteiger partial charge in [-0.3, -0.25) is 0 Å². The van der Waals surface area contributed by atoms with E-state index in [2.05, 4.69) is 4.90 Å². The zero-order valence-corrected chi connectivity index (χ0v) is 10.4. The van der Waals surface area contributed by atoms with Gasteiger partial charge in [0.25, 0.3) is 0 Å². The zero-order valence-electron chi connectivity index (χ0n) is 10.4. The lowest BCUT2D eigenvalue weighted by Crippen LogP contribution is -2.53. The molecule has 0 saturated carbocycles. The lowest BCUT2D eigenvalue weighted by atomic mass is 10.0. The second-order valence-electron chi connectivity index (χ2n) is 4.17. The maximum atomic E-state index is 11.5. The van der Waals surface area contributed by atoms with E-state index in [0.717, 1.165) is 30.0 Å². The average molecular weight is 235 g/mol. The van der Waals surface area contributed by atoms with Crippen LogP contribution in [0.15, 0.2) is 18.2 Å². The highest BCUT2D eigenvalue weighted by atomic mass is 16.5. The van der Waals surface area contributed by atoms with Gasteiger partial charge >= 0.3 is 5.97 Å². The van der Waals surface area contributed by atoms with Crippen molar-refractivity contribution in [2.24, 2.45) is 0 Å². The average Bonchev–Trinajstić information content (AvgIpc) is 2.27. The van der Waals surface area contributed by atoms with Gasteiger partial charge in [-0.2, -0.15) is 0 Å². The summed E-state index contributed by atoms with van der Waals surface area (Å²) in [6.45, 7) is 2.89. The highest BCUT2D eigenvalue weighted by Crippen LogP contribution is 2.30. The Hall–Kier alpha value is -1.71. The van der Waals surface area contributed by atoms with E-state index < -0.39 is 0 Å². The first-order valence-corrected chi connectivity index (χ1v) is 5.66. The minimum Gasteiger partial charge on any atom is -0.496 e. The number of nitrogens with zero attached hydrogens (tertiary/aromatic N) is 1. The molecule has 0 bridgehead atoms. The third-order valence-corrected chi connectivity index (χ3v) is 3.20. The summed E-state index contributed by atoms with van der Waals surface area (Å²) in [5.74, 6) is 0.702. The van der Waals surface area contributed by atoms with Crippen molar-refractivity contribution in [3.05, 3.63) is 23.8 Å². The number of benzene rings is 1. The summed E-state index contributed by atoms with van der Waals surface area (Å²) >= 11 is 0. The molecule has 1 heterocycles. The van der Waals surface area contributed by atoms with Gasteiger partial charge in [0.15, 0.2) is 0 Å². The Morgan fingerprint density at radius 1 is 1.41 bits per heavy atom. The number of methoxy groups -OCH3 is 2. The fourth-order valence-electron chi connectivity index (χ4n) is 2.12. The molecule has 0 spiro atoms. The molecule has 1 aliphatic rings. The summed E-state index contributed by atoms with van der Waals surface area (Å²) in [6.07, 6.45) is 0.859. The van der Waals surface area contributed by atoms with Crippen molar-refractivity contribution in [2.45, 2.75) is 19.4 Å². The van der Waals surface area contributed by atoms with Crippen LogP contribution in [-0.2, 0) is 9.53 Å². The monoisotopic (exact) mass is 235 g/mol. The van der Waals surface area contributed by atoms with E-state index in [9.17, 15) is 4.79 Å². The van der Waals surface area contributed by atoms with Gasteiger partial charge in [0, 0.05) is 12.2 Å². The molecule has 0 radical (unpaired) electrons. The van der Waals surface area contributed by atoms with E-state index in [4.69, 9.17) is 9.47 Å². The second-order valence-corrected chi connectivity index (χ2v) is 4.17. The first-order chi connectivity index (χ1) is 8.17. The summed E-state index contributed by atoms with van der Waals surface area (Å²) in [5, 5.41) is 0. The SMILES string of the molecule is COC(=O)C1CCN1c1ccc(OC)c(C)c1. The van der Waals surface area contributed by atoms with Crippen molar-refractivity contribution in [1.82, 2.24) is 0 Å². The number of carbonyl (C=O) groups is 1. The predicted molar refractivity (Wildman–Crippen MR) is 65.5 cm³/mol. The zero-order chi connectivity index (χ0) is 12.4. The van der Waals surface area contributed by atoms with Crippen molar-refractivity contribution in [3.8, 4) is 5.75 Å². The molecule has 1 aliphatic heterocycles. The number of anilines is 1. The van der Waals surface area contributed by atoms with Crippen LogP contribution in [0.5, 0.6) is 5.75 Å². The highest BCUT2D eigenvalue weighted by Gasteiger charge is 2.35. The van der Waals surface area contributed by atoms with E-state index in [-0.39, 0.29) is 12.0 Å². The van der Waals surface area contributed by atoms with Gasteiger partial charge in [-0.05, 0) is 37.1 Å². The van der Waals surface area contributed by atoms with Crippen molar-refractivity contribution in [3.63, 3.8) is 0 Å². The van der Waals surface area contributed by atoms with Crippen LogP contribution >= 0.6 is 0 Å². The number of ether oxygens (including phenoxy) is 2. The molecule has 0 N–H and O–H groups in total. The second kappa shape index (κ2) is 4.65. The van der Waals surface area contributed by atoms with E-state index in [0.29, 0.717) is 0 Å². The molecule has 1 aromatic rings. The van der Waals surface area contributed by atoms with Gasteiger partial charge in [0.05, 0.1) is 14.2 Å². The molecule has 1 saturated heterocycles. The molecular weight excluding hydrogens is 218 g/mol. The number of esters is 1. The Labute approximate surface area is 101 Å². The number of hydrogen-bond donors (Lipinski definition) is 0. The number of aryl methyl sites for hydroxylation is 1. The molecule has 4 nitrogen and oxygen atoms in total. The molecule has 17 heavy (non-hydrogen) atoms. The van der Waals surface area contributed by atoms with Crippen LogP contribution in [-0.4, -0.2) is 32.8 Å². The molecular formula is C13H17NO3. The van der Waals surface area contributed by atoms with Crippen LogP contribution in [0.1, 0.15) is 12.0 Å². The van der Waals surface area contributed by atoms with Crippen LogP contribution < -0.4 is 9.64 Å². The Kier molecular flexibility index (Phi) is 3.22.